The molecule has 0 radical (unpaired) electrons. The molecule has 0 saturated carbocycles. The van der Waals surface area contributed by atoms with Gasteiger partial charge >= 0.3 is 0 Å². The predicted octanol–water partition coefficient (Wildman–Crippen LogP) is 0.451. The molecule has 0 aromatic carbocycles. The van der Waals surface area contributed by atoms with Crippen LogP contribution in [0.1, 0.15) is 13.3 Å². The minimum Gasteiger partial charge on any atom is -0.388 e. The molecule has 0 aromatic rings. The zero-order chi connectivity index (χ0) is 5.98. The minimum absolute atomic E-state index is 0.219. The molecule has 2 heteroatoms. The maximum Gasteiger partial charge on any atom is 0.159 e. The van der Waals surface area contributed by atoms with Gasteiger partial charge in [0.25, 0.3) is 0 Å². The second-order valence-electron chi connectivity index (χ2n) is 2.07. The van der Waals surface area contributed by atoms with Gasteiger partial charge in [-0.25, -0.2) is 0 Å². The lowest BCUT2D eigenvalue weighted by atomic mass is 10.1. The molecule has 1 rings (SSSR count). The molecule has 44 valence electrons. The normalized spacial score (nSPS) is 27.6. The first-order valence-electron chi connectivity index (χ1n) is 2.74. The summed E-state index contributed by atoms with van der Waals surface area (Å²) in [5, 5.41) is 3.01. The third kappa shape index (κ3) is 1.09. The van der Waals surface area contributed by atoms with E-state index in [9.17, 15) is 4.79 Å². The first-order chi connectivity index (χ1) is 3.79. The van der Waals surface area contributed by atoms with Gasteiger partial charge < -0.3 is 5.32 Å². The van der Waals surface area contributed by atoms with Crippen molar-refractivity contribution in [2.45, 2.75) is 19.4 Å². The maximum absolute atomic E-state index is 10.5. The van der Waals surface area contributed by atoms with Gasteiger partial charge in [0, 0.05) is 18.7 Å². The Balaban J connectivity index is 2.54. The molecule has 0 aliphatic carbocycles. The number of hydrogen-bond acceptors (Lipinski definition) is 2. The van der Waals surface area contributed by atoms with Crippen LogP contribution in [-0.2, 0) is 4.79 Å². The molecule has 0 fully saturated rings. The molecule has 1 aliphatic heterocycles. The lowest BCUT2D eigenvalue weighted by Gasteiger charge is -2.12. The zero-order valence-electron chi connectivity index (χ0n) is 4.85. The van der Waals surface area contributed by atoms with E-state index in [1.165, 1.54) is 0 Å². The fourth-order valence-corrected chi connectivity index (χ4v) is 0.734. The second-order valence-corrected chi connectivity index (χ2v) is 2.07. The van der Waals surface area contributed by atoms with Crippen LogP contribution in [0.15, 0.2) is 12.3 Å². The van der Waals surface area contributed by atoms with Gasteiger partial charge in [0.1, 0.15) is 0 Å². The van der Waals surface area contributed by atoms with Gasteiger partial charge in [-0.05, 0) is 13.0 Å². The summed E-state index contributed by atoms with van der Waals surface area (Å²) in [6.45, 7) is 1.99. The molecule has 1 atom stereocenters. The number of carbonyl (C=O) groups is 1. The van der Waals surface area contributed by atoms with Gasteiger partial charge in [0.05, 0.1) is 0 Å². The van der Waals surface area contributed by atoms with E-state index in [-0.39, 0.29) is 5.78 Å². The van der Waals surface area contributed by atoms with Crippen LogP contribution in [0, 0.1) is 0 Å². The van der Waals surface area contributed by atoms with Crippen molar-refractivity contribution in [1.29, 1.82) is 0 Å². The second kappa shape index (κ2) is 1.99. The maximum atomic E-state index is 10.5. The Bertz CT molecular complexity index is 128. The third-order valence-corrected chi connectivity index (χ3v) is 1.16. The molecular weight excluding hydrogens is 102 g/mol. The van der Waals surface area contributed by atoms with E-state index in [4.69, 9.17) is 0 Å². The summed E-state index contributed by atoms with van der Waals surface area (Å²) < 4.78 is 0. The molecule has 0 bridgehead atoms. The number of rotatable bonds is 0. The quantitative estimate of drug-likeness (QED) is 0.491. The molecule has 1 N–H and O–H groups in total. The Morgan fingerprint density at radius 1 is 1.88 bits per heavy atom. The Morgan fingerprint density at radius 3 is 3.00 bits per heavy atom. The van der Waals surface area contributed by atoms with Crippen molar-refractivity contribution in [1.82, 2.24) is 5.32 Å². The molecule has 8 heavy (non-hydrogen) atoms. The number of hydrogen-bond donors (Lipinski definition) is 1. The van der Waals surface area contributed by atoms with Crippen molar-refractivity contribution in [3.05, 3.63) is 12.3 Å². The van der Waals surface area contributed by atoms with Crippen LogP contribution < -0.4 is 5.32 Å². The Labute approximate surface area is 48.6 Å². The fraction of sp³-hybridized carbons (Fsp3) is 0.500. The van der Waals surface area contributed by atoms with Crippen LogP contribution in [0.2, 0.25) is 0 Å². The van der Waals surface area contributed by atoms with E-state index in [1.54, 1.807) is 12.3 Å². The van der Waals surface area contributed by atoms with Crippen LogP contribution >= 0.6 is 0 Å². The highest BCUT2D eigenvalue weighted by molar-refractivity contribution is 5.90. The number of allylic oxidation sites excluding steroid dienone is 1. The highest BCUT2D eigenvalue weighted by atomic mass is 16.1. The molecule has 1 heterocycles. The molecule has 1 aliphatic rings. The van der Waals surface area contributed by atoms with E-state index in [0.717, 1.165) is 0 Å². The summed E-state index contributed by atoms with van der Waals surface area (Å²) >= 11 is 0. The van der Waals surface area contributed by atoms with Crippen molar-refractivity contribution in [3.8, 4) is 0 Å². The summed E-state index contributed by atoms with van der Waals surface area (Å²) in [7, 11) is 0. The SMILES string of the molecule is CC1CC(=O)C=CN1. The first-order valence-corrected chi connectivity index (χ1v) is 2.74. The van der Waals surface area contributed by atoms with Gasteiger partial charge in [-0.15, -0.1) is 0 Å². The molecule has 0 amide bonds. The van der Waals surface area contributed by atoms with Crippen LogP contribution in [0.5, 0.6) is 0 Å². The summed E-state index contributed by atoms with van der Waals surface area (Å²) in [5.74, 6) is 0.219. The van der Waals surface area contributed by atoms with Crippen molar-refractivity contribution in [2.75, 3.05) is 0 Å². The molecule has 1 unspecified atom stereocenters. The van der Waals surface area contributed by atoms with Crippen molar-refractivity contribution in [2.24, 2.45) is 0 Å². The van der Waals surface area contributed by atoms with Crippen molar-refractivity contribution < 1.29 is 4.79 Å². The van der Waals surface area contributed by atoms with E-state index < -0.39 is 0 Å². The summed E-state index contributed by atoms with van der Waals surface area (Å²) in [6, 6.07) is 0.326. The highest BCUT2D eigenvalue weighted by Gasteiger charge is 2.07. The lowest BCUT2D eigenvalue weighted by Crippen LogP contribution is -2.27. The van der Waals surface area contributed by atoms with Crippen LogP contribution in [-0.4, -0.2) is 11.8 Å². The largest absolute Gasteiger partial charge is 0.388 e. The molecule has 0 aromatic heterocycles. The standard InChI is InChI=1S/C6H9NO/c1-5-4-6(8)2-3-7-5/h2-3,5,7H,4H2,1H3. The van der Waals surface area contributed by atoms with Gasteiger partial charge in [0.15, 0.2) is 5.78 Å². The molecular formula is C6H9NO. The molecule has 0 saturated heterocycles. The van der Waals surface area contributed by atoms with Crippen LogP contribution in [0.4, 0.5) is 0 Å². The summed E-state index contributed by atoms with van der Waals surface area (Å²) in [6.07, 6.45) is 3.91. The Morgan fingerprint density at radius 2 is 2.62 bits per heavy atom. The first kappa shape index (κ1) is 5.35. The lowest BCUT2D eigenvalue weighted by molar-refractivity contribution is -0.115. The fourth-order valence-electron chi connectivity index (χ4n) is 0.734. The number of nitrogens with one attached hydrogen (secondary N) is 1. The van der Waals surface area contributed by atoms with Crippen molar-refractivity contribution >= 4 is 5.78 Å². The smallest absolute Gasteiger partial charge is 0.159 e. The Hall–Kier alpha value is -0.790. The van der Waals surface area contributed by atoms with Gasteiger partial charge in [-0.1, -0.05) is 0 Å². The average Bonchev–Trinajstić information content (AvgIpc) is 1.64. The van der Waals surface area contributed by atoms with Gasteiger partial charge in [-0.2, -0.15) is 0 Å². The van der Waals surface area contributed by atoms with E-state index in [0.29, 0.717) is 12.5 Å². The number of ketones is 1. The predicted molar refractivity (Wildman–Crippen MR) is 31.4 cm³/mol. The monoisotopic (exact) mass is 111 g/mol. The van der Waals surface area contributed by atoms with E-state index >= 15 is 0 Å². The molecule has 0 spiro atoms. The molecule has 2 nitrogen and oxygen atoms in total. The third-order valence-electron chi connectivity index (χ3n) is 1.16. The average molecular weight is 111 g/mol. The minimum atomic E-state index is 0.219. The van der Waals surface area contributed by atoms with Crippen LogP contribution in [0.3, 0.4) is 0 Å². The summed E-state index contributed by atoms with van der Waals surface area (Å²) in [5.41, 5.74) is 0. The van der Waals surface area contributed by atoms with Gasteiger partial charge in [-0.3, -0.25) is 4.79 Å². The summed E-state index contributed by atoms with van der Waals surface area (Å²) in [4.78, 5) is 10.5. The Kier molecular flexibility index (Phi) is 1.33. The zero-order valence-corrected chi connectivity index (χ0v) is 4.85. The highest BCUT2D eigenvalue weighted by Crippen LogP contribution is 1.97. The van der Waals surface area contributed by atoms with Crippen LogP contribution in [0.25, 0.3) is 0 Å². The van der Waals surface area contributed by atoms with E-state index in [1.807, 2.05) is 6.92 Å². The van der Waals surface area contributed by atoms with Gasteiger partial charge in [0.2, 0.25) is 0 Å². The topological polar surface area (TPSA) is 29.1 Å². The van der Waals surface area contributed by atoms with E-state index in [2.05, 4.69) is 5.32 Å². The number of carbonyl (C=O) groups excluding carboxylic acids is 1. The van der Waals surface area contributed by atoms with Crippen molar-refractivity contribution in [3.63, 3.8) is 0 Å².